The number of esters is 2. The maximum absolute atomic E-state index is 12.3. The van der Waals surface area contributed by atoms with Crippen molar-refractivity contribution < 1.29 is 43.5 Å². The maximum atomic E-state index is 12.3. The number of piperidine rings is 2. The smallest absolute Gasteiger partial charge is 0.317 e. The molecule has 2 N–H and O–H groups in total. The van der Waals surface area contributed by atoms with Crippen LogP contribution in [0.3, 0.4) is 0 Å². The summed E-state index contributed by atoms with van der Waals surface area (Å²) in [6, 6.07) is 20.4. The van der Waals surface area contributed by atoms with Crippen LogP contribution in [-0.4, -0.2) is 109 Å². The minimum atomic E-state index is -0.778. The molecular formula is C34H48N2O9. The van der Waals surface area contributed by atoms with Crippen molar-refractivity contribution in [3.63, 3.8) is 0 Å². The number of hydrogen-bond acceptors (Lipinski definition) is 11. The number of Topliss-reactive ketones (excluding diaryl/α,β-unsaturated/α-hetero) is 1. The molecule has 2 atom stereocenters. The van der Waals surface area contributed by atoms with Gasteiger partial charge in [0.15, 0.2) is 5.79 Å². The molecular weight excluding hydrogens is 580 g/mol. The van der Waals surface area contributed by atoms with Crippen LogP contribution in [0, 0.1) is 11.8 Å². The minimum absolute atomic E-state index is 0.00256. The third-order valence-electron chi connectivity index (χ3n) is 7.77. The molecule has 0 aromatic heterocycles. The van der Waals surface area contributed by atoms with Gasteiger partial charge in [-0.2, -0.15) is 0 Å². The van der Waals surface area contributed by atoms with Crippen molar-refractivity contribution >= 4 is 17.7 Å². The summed E-state index contributed by atoms with van der Waals surface area (Å²) in [5.74, 6) is -2.38. The number of benzene rings is 2. The van der Waals surface area contributed by atoms with Crippen LogP contribution >= 0.6 is 0 Å². The number of hydrogen-bond donors (Lipinski definition) is 2. The molecule has 0 amide bonds. The van der Waals surface area contributed by atoms with Gasteiger partial charge in [0.25, 0.3) is 0 Å². The number of rotatable bonds is 9. The number of ketones is 1. The highest BCUT2D eigenvalue weighted by atomic mass is 16.7. The molecule has 45 heavy (non-hydrogen) atoms. The van der Waals surface area contributed by atoms with E-state index in [0.29, 0.717) is 58.9 Å². The predicted molar refractivity (Wildman–Crippen MR) is 167 cm³/mol. The Hall–Kier alpha value is -3.19. The molecule has 5 rings (SSSR count). The van der Waals surface area contributed by atoms with Gasteiger partial charge in [-0.05, 0) is 25.0 Å². The highest BCUT2D eigenvalue weighted by Crippen LogP contribution is 2.37. The average Bonchev–Trinajstić information content (AvgIpc) is 3.53. The van der Waals surface area contributed by atoms with Gasteiger partial charge < -0.3 is 29.2 Å². The molecule has 248 valence electrons. The first-order chi connectivity index (χ1) is 21.9. The third kappa shape index (κ3) is 11.3. The van der Waals surface area contributed by atoms with Crippen molar-refractivity contribution in [1.29, 1.82) is 0 Å². The molecule has 3 saturated heterocycles. The third-order valence-corrected chi connectivity index (χ3v) is 7.77. The van der Waals surface area contributed by atoms with E-state index in [1.807, 2.05) is 43.3 Å². The average molecular weight is 629 g/mol. The van der Waals surface area contributed by atoms with E-state index in [2.05, 4.69) is 34.1 Å². The summed E-state index contributed by atoms with van der Waals surface area (Å²) in [7, 11) is 0. The lowest BCUT2D eigenvalue weighted by atomic mass is 9.90. The molecule has 0 aliphatic carbocycles. The molecule has 3 fully saturated rings. The molecule has 3 aliphatic heterocycles. The van der Waals surface area contributed by atoms with E-state index in [1.54, 1.807) is 6.92 Å². The van der Waals surface area contributed by atoms with Crippen molar-refractivity contribution in [3.8, 4) is 0 Å². The van der Waals surface area contributed by atoms with Gasteiger partial charge in [0, 0.05) is 52.1 Å². The topological polar surface area (TPSA) is 135 Å². The first kappa shape index (κ1) is 36.3. The fourth-order valence-electron chi connectivity index (χ4n) is 5.60. The fraction of sp³-hybridized carbons (Fsp3) is 0.559. The van der Waals surface area contributed by atoms with Crippen LogP contribution in [0.5, 0.6) is 0 Å². The summed E-state index contributed by atoms with van der Waals surface area (Å²) in [5.41, 5.74) is 2.44. The van der Waals surface area contributed by atoms with Gasteiger partial charge in [-0.1, -0.05) is 60.7 Å². The normalized spacial score (nSPS) is 21.2. The van der Waals surface area contributed by atoms with E-state index >= 15 is 0 Å². The largest absolute Gasteiger partial charge is 0.466 e. The quantitative estimate of drug-likeness (QED) is 0.313. The number of aliphatic hydroxyl groups excluding tert-OH is 2. The first-order valence-corrected chi connectivity index (χ1v) is 15.7. The lowest BCUT2D eigenvalue weighted by molar-refractivity contribution is -0.229. The van der Waals surface area contributed by atoms with Crippen molar-refractivity contribution in [2.45, 2.75) is 45.6 Å². The Morgan fingerprint density at radius 3 is 1.82 bits per heavy atom. The highest BCUT2D eigenvalue weighted by molar-refractivity contribution is 5.99. The van der Waals surface area contributed by atoms with Crippen molar-refractivity contribution in [3.05, 3.63) is 71.8 Å². The Morgan fingerprint density at radius 2 is 1.31 bits per heavy atom. The molecule has 3 heterocycles. The van der Waals surface area contributed by atoms with Crippen molar-refractivity contribution in [2.24, 2.45) is 11.8 Å². The Kier molecular flexibility index (Phi) is 15.6. The van der Waals surface area contributed by atoms with E-state index in [1.165, 1.54) is 11.1 Å². The van der Waals surface area contributed by atoms with Gasteiger partial charge in [0.2, 0.25) is 0 Å². The number of carbonyl (C=O) groups is 3. The van der Waals surface area contributed by atoms with Crippen molar-refractivity contribution in [2.75, 3.05) is 65.8 Å². The van der Waals surface area contributed by atoms with Crippen LogP contribution in [0.1, 0.15) is 37.8 Å². The van der Waals surface area contributed by atoms with Crippen LogP contribution in [0.15, 0.2) is 60.7 Å². The van der Waals surface area contributed by atoms with Gasteiger partial charge in [-0.25, -0.2) is 0 Å². The lowest BCUT2D eigenvalue weighted by Gasteiger charge is -2.42. The Balaban J connectivity index is 0.000000222. The van der Waals surface area contributed by atoms with Gasteiger partial charge in [-0.15, -0.1) is 0 Å². The van der Waals surface area contributed by atoms with E-state index in [-0.39, 0.29) is 36.9 Å². The minimum Gasteiger partial charge on any atom is -0.466 e. The molecule has 1 spiro atoms. The Morgan fingerprint density at radius 1 is 0.800 bits per heavy atom. The summed E-state index contributed by atoms with van der Waals surface area (Å²) in [6.45, 7) is 9.36. The van der Waals surface area contributed by atoms with Gasteiger partial charge in [-0.3, -0.25) is 24.2 Å². The zero-order valence-electron chi connectivity index (χ0n) is 26.5. The molecule has 0 bridgehead atoms. The molecule has 2 unspecified atom stereocenters. The second-order valence-electron chi connectivity index (χ2n) is 11.0. The second-order valence-corrected chi connectivity index (χ2v) is 11.0. The number of nitrogens with zero attached hydrogens (tertiary/aromatic N) is 2. The van der Waals surface area contributed by atoms with Crippen LogP contribution in [0.25, 0.3) is 0 Å². The van der Waals surface area contributed by atoms with E-state index in [4.69, 9.17) is 29.2 Å². The van der Waals surface area contributed by atoms with Gasteiger partial charge >= 0.3 is 11.9 Å². The standard InChI is InChI=1S/C17H23NO4.C15H19NO3.C2H6O2/c1-2-20-16(19)15-13-18(12-14-6-4-3-5-7-14)9-8-17(15)21-10-11-22-17;1-2-19-15(18)13-11-16(9-8-14(13)17)10-12-6-4-3-5-7-12;3-1-2-4/h3-7,15H,2,8-13H2,1H3;3-7,13H,2,8-11H2,1H3;3-4H,1-2H2. The Bertz CT molecular complexity index is 1160. The summed E-state index contributed by atoms with van der Waals surface area (Å²) >= 11 is 0. The van der Waals surface area contributed by atoms with Gasteiger partial charge in [0.05, 0.1) is 39.6 Å². The SMILES string of the molecule is CCOC(=O)C1CN(Cc2ccccc2)CCC12OCCO2.CCOC(=O)C1CN(Cc2ccccc2)CCC1=O.OCCO. The number of carbonyl (C=O) groups excluding carboxylic acids is 3. The van der Waals surface area contributed by atoms with E-state index < -0.39 is 11.7 Å². The molecule has 2 aromatic rings. The first-order valence-electron chi connectivity index (χ1n) is 15.7. The van der Waals surface area contributed by atoms with Gasteiger partial charge in [0.1, 0.15) is 17.6 Å². The van der Waals surface area contributed by atoms with Crippen LogP contribution in [0.4, 0.5) is 0 Å². The summed E-state index contributed by atoms with van der Waals surface area (Å²) in [5, 5.41) is 15.2. The number of ether oxygens (including phenoxy) is 4. The predicted octanol–water partition coefficient (Wildman–Crippen LogP) is 2.43. The number of likely N-dealkylation sites (tertiary alicyclic amines) is 2. The Labute approximate surface area is 266 Å². The molecule has 0 radical (unpaired) electrons. The highest BCUT2D eigenvalue weighted by Gasteiger charge is 2.52. The monoisotopic (exact) mass is 628 g/mol. The summed E-state index contributed by atoms with van der Waals surface area (Å²) < 4.78 is 21.8. The van der Waals surface area contributed by atoms with E-state index in [9.17, 15) is 14.4 Å². The molecule has 0 saturated carbocycles. The van der Waals surface area contributed by atoms with Crippen molar-refractivity contribution in [1.82, 2.24) is 9.80 Å². The fourth-order valence-corrected chi connectivity index (χ4v) is 5.60. The maximum Gasteiger partial charge on any atom is 0.317 e. The molecule has 3 aliphatic rings. The molecule has 2 aromatic carbocycles. The summed E-state index contributed by atoms with van der Waals surface area (Å²) in [4.78, 5) is 40.3. The van der Waals surface area contributed by atoms with Crippen LogP contribution < -0.4 is 0 Å². The van der Waals surface area contributed by atoms with E-state index in [0.717, 1.165) is 19.6 Å². The van der Waals surface area contributed by atoms with Crippen LogP contribution in [0.2, 0.25) is 0 Å². The molecule has 11 nitrogen and oxygen atoms in total. The molecule has 11 heteroatoms. The zero-order valence-corrected chi connectivity index (χ0v) is 26.5. The van der Waals surface area contributed by atoms with Crippen LogP contribution in [-0.2, 0) is 46.4 Å². The zero-order chi connectivity index (χ0) is 32.5. The second kappa shape index (κ2) is 19.4. The summed E-state index contributed by atoms with van der Waals surface area (Å²) in [6.07, 6.45) is 1.12. The lowest BCUT2D eigenvalue weighted by Crippen LogP contribution is -2.55. The number of aliphatic hydroxyl groups is 2.